The van der Waals surface area contributed by atoms with Gasteiger partial charge in [-0.05, 0) is 135 Å². The van der Waals surface area contributed by atoms with E-state index in [1.165, 1.54) is 38.5 Å². The summed E-state index contributed by atoms with van der Waals surface area (Å²) >= 11 is 0. The van der Waals surface area contributed by atoms with E-state index in [2.05, 4.69) is 189 Å². The Balaban J connectivity index is 1.68. The summed E-state index contributed by atoms with van der Waals surface area (Å²) < 4.78 is 22.8. The molecule has 12 unspecified atom stereocenters. The van der Waals surface area contributed by atoms with E-state index in [1.54, 1.807) is 6.08 Å². The fraction of sp³-hybridized carbons (Fsp3) is 0.597. The molecule has 2 saturated heterocycles. The maximum Gasteiger partial charge on any atom is 0.220 e. The van der Waals surface area contributed by atoms with Gasteiger partial charge in [0.1, 0.15) is 48.8 Å². The molecule has 14 heteroatoms. The summed E-state index contributed by atoms with van der Waals surface area (Å²) in [6, 6.07) is -0.966. The SMILES string of the molecule is CC/C=C\C/C=C\C/C=C\C/C=C\C/C=C\C/C=C\C/C=C\C/C=C\C/C=C\C/C=C\C/C=C\C/C=C\CCCCCCC(=O)NC(COC1OC(CO)C(OC2OC(CO)C(O)C(O)C2O)C(O)C1O)C(O)/C=C/CC/C=C/CC/C=C/CCCCCCCC. The van der Waals surface area contributed by atoms with Crippen LogP contribution in [-0.2, 0) is 23.7 Å². The normalized spacial score (nSPS) is 24.0. The van der Waals surface area contributed by atoms with Crippen molar-refractivity contribution >= 4 is 5.91 Å². The second-order valence-electron chi connectivity index (χ2n) is 23.2. The first kappa shape index (κ1) is 82.2. The molecular formula is C77H121NO13. The summed E-state index contributed by atoms with van der Waals surface area (Å²) in [7, 11) is 0. The van der Waals surface area contributed by atoms with Gasteiger partial charge in [0.05, 0.1) is 32.0 Å². The topological polar surface area (TPSA) is 228 Å². The number of carbonyl (C=O) groups excluding carboxylic acids is 1. The molecule has 0 aromatic carbocycles. The van der Waals surface area contributed by atoms with Gasteiger partial charge in [-0.25, -0.2) is 0 Å². The Morgan fingerprint density at radius 2 is 0.769 bits per heavy atom. The van der Waals surface area contributed by atoms with Gasteiger partial charge >= 0.3 is 0 Å². The smallest absolute Gasteiger partial charge is 0.220 e. The third-order valence-corrected chi connectivity index (χ3v) is 15.3. The summed E-state index contributed by atoms with van der Waals surface area (Å²) in [4.78, 5) is 13.3. The van der Waals surface area contributed by atoms with E-state index in [1.807, 2.05) is 6.08 Å². The average molecular weight is 1270 g/mol. The lowest BCUT2D eigenvalue weighted by Crippen LogP contribution is -2.65. The predicted molar refractivity (Wildman–Crippen MR) is 373 cm³/mol. The van der Waals surface area contributed by atoms with Crippen molar-refractivity contribution in [2.75, 3.05) is 19.8 Å². The van der Waals surface area contributed by atoms with E-state index in [-0.39, 0.29) is 18.9 Å². The van der Waals surface area contributed by atoms with Crippen LogP contribution in [0.5, 0.6) is 0 Å². The highest BCUT2D eigenvalue weighted by atomic mass is 16.7. The molecule has 0 spiro atoms. The first-order valence-corrected chi connectivity index (χ1v) is 34.5. The third kappa shape index (κ3) is 42.8. The molecule has 9 N–H and O–H groups in total. The van der Waals surface area contributed by atoms with Gasteiger partial charge in [-0.1, -0.05) is 241 Å². The molecule has 2 aliphatic heterocycles. The molecule has 0 aliphatic carbocycles. The molecule has 14 nitrogen and oxygen atoms in total. The number of carbonyl (C=O) groups is 1. The fourth-order valence-corrected chi connectivity index (χ4v) is 9.83. The quantitative estimate of drug-likeness (QED) is 0.0204. The van der Waals surface area contributed by atoms with Crippen molar-refractivity contribution in [3.05, 3.63) is 182 Å². The highest BCUT2D eigenvalue weighted by Gasteiger charge is 2.51. The van der Waals surface area contributed by atoms with Crippen molar-refractivity contribution in [1.82, 2.24) is 5.32 Å². The van der Waals surface area contributed by atoms with Crippen molar-refractivity contribution in [2.45, 2.75) is 274 Å². The molecule has 2 rings (SSSR count). The molecule has 512 valence electrons. The Labute approximate surface area is 549 Å². The molecule has 0 aromatic rings. The number of unbranched alkanes of at least 4 members (excludes halogenated alkanes) is 12. The highest BCUT2D eigenvalue weighted by Crippen LogP contribution is 2.30. The van der Waals surface area contributed by atoms with Crippen LogP contribution in [0.1, 0.15) is 200 Å². The van der Waals surface area contributed by atoms with Gasteiger partial charge < -0.3 is 65.1 Å². The predicted octanol–water partition coefficient (Wildman–Crippen LogP) is 14.2. The summed E-state index contributed by atoms with van der Waals surface area (Å²) in [5.41, 5.74) is 0. The van der Waals surface area contributed by atoms with Crippen LogP contribution in [0.25, 0.3) is 0 Å². The molecule has 91 heavy (non-hydrogen) atoms. The lowest BCUT2D eigenvalue weighted by atomic mass is 9.97. The molecule has 1 amide bonds. The summed E-state index contributed by atoms with van der Waals surface area (Å²) in [5, 5.41) is 87.2. The Bertz CT molecular complexity index is 2230. The highest BCUT2D eigenvalue weighted by molar-refractivity contribution is 5.76. The lowest BCUT2D eigenvalue weighted by Gasteiger charge is -2.46. The third-order valence-electron chi connectivity index (χ3n) is 15.3. The minimum Gasteiger partial charge on any atom is -0.394 e. The average Bonchev–Trinajstić information content (AvgIpc) is 1.24. The maximum atomic E-state index is 13.3. The fourth-order valence-electron chi connectivity index (χ4n) is 9.83. The van der Waals surface area contributed by atoms with Crippen LogP contribution >= 0.6 is 0 Å². The molecule has 2 aliphatic rings. The van der Waals surface area contributed by atoms with Crippen LogP contribution in [0.3, 0.4) is 0 Å². The number of rotatable bonds is 53. The van der Waals surface area contributed by atoms with Gasteiger partial charge in [0, 0.05) is 6.42 Å². The summed E-state index contributed by atoms with van der Waals surface area (Å²) in [6.45, 7) is 2.60. The number of hydrogen-bond acceptors (Lipinski definition) is 13. The largest absolute Gasteiger partial charge is 0.394 e. The van der Waals surface area contributed by atoms with E-state index < -0.39 is 86.8 Å². The van der Waals surface area contributed by atoms with Crippen LogP contribution in [0.2, 0.25) is 0 Å². The summed E-state index contributed by atoms with van der Waals surface area (Å²) in [6.07, 6.45) is 76.6. The minimum absolute atomic E-state index is 0.227. The first-order chi connectivity index (χ1) is 44.6. The van der Waals surface area contributed by atoms with Crippen molar-refractivity contribution in [3.8, 4) is 0 Å². The van der Waals surface area contributed by atoms with Crippen LogP contribution in [-0.4, -0.2) is 140 Å². The van der Waals surface area contributed by atoms with Crippen LogP contribution < -0.4 is 5.32 Å². The number of aliphatic hydroxyl groups excluding tert-OH is 8. The van der Waals surface area contributed by atoms with Gasteiger partial charge in [0.15, 0.2) is 12.6 Å². The van der Waals surface area contributed by atoms with Gasteiger partial charge in [-0.3, -0.25) is 4.79 Å². The van der Waals surface area contributed by atoms with Gasteiger partial charge in [-0.2, -0.15) is 0 Å². The van der Waals surface area contributed by atoms with Crippen molar-refractivity contribution in [2.24, 2.45) is 0 Å². The second-order valence-corrected chi connectivity index (χ2v) is 23.2. The Hall–Kier alpha value is -4.91. The van der Waals surface area contributed by atoms with Crippen molar-refractivity contribution < 1.29 is 64.6 Å². The minimum atomic E-state index is -1.80. The standard InChI is InChI=1S/C77H121NO13/c1-3-5-7-9-11-13-15-17-19-21-22-23-24-25-26-27-28-29-30-31-32-33-34-35-36-37-38-39-40-41-42-43-44-45-47-49-51-53-55-57-59-61-69(82)78-65(66(81)60-58-56-54-52-50-48-46-20-18-16-14-12-10-8-6-4-2)64-88-76-74(87)72(85)75(68(63-80)90-76)91-77-73(86)71(84)70(83)67(62-79)89-77/h5,7,11,13,17-20,22-23,25-26,28-29,31-32,34-35,37-38,40-41,43-44,47,49-50,52,58,60,65-68,70-77,79-81,83-87H,3-4,6,8-10,12,14-16,21,24,27,30,33,36,39,42,45-46,48,51,53-57,59,61-64H2,1-2H3,(H,78,82)/b7-5-,13-11-,19-17-,20-18+,23-22-,26-25-,29-28-,32-31-,35-34-,38-37-,41-40-,44-43-,49-47-,52-50+,60-58+. The van der Waals surface area contributed by atoms with Crippen molar-refractivity contribution in [3.63, 3.8) is 0 Å². The van der Waals surface area contributed by atoms with Gasteiger partial charge in [0.25, 0.3) is 0 Å². The van der Waals surface area contributed by atoms with Crippen LogP contribution in [0.15, 0.2) is 182 Å². The van der Waals surface area contributed by atoms with E-state index >= 15 is 0 Å². The van der Waals surface area contributed by atoms with Crippen LogP contribution in [0.4, 0.5) is 0 Å². The monoisotopic (exact) mass is 1270 g/mol. The summed E-state index contributed by atoms with van der Waals surface area (Å²) in [5.74, 6) is -0.286. The molecule has 0 radical (unpaired) electrons. The molecule has 0 aromatic heterocycles. The first-order valence-electron chi connectivity index (χ1n) is 34.5. The molecule has 2 fully saturated rings. The molecular weight excluding hydrogens is 1150 g/mol. The zero-order valence-corrected chi connectivity index (χ0v) is 55.5. The second kappa shape index (κ2) is 58.9. The van der Waals surface area contributed by atoms with Gasteiger partial charge in [0.2, 0.25) is 5.91 Å². The van der Waals surface area contributed by atoms with E-state index in [4.69, 9.17) is 18.9 Å². The Morgan fingerprint density at radius 1 is 0.407 bits per heavy atom. The number of allylic oxidation sites excluding steroid dienone is 29. The number of ether oxygens (including phenoxy) is 4. The number of aliphatic hydroxyl groups is 8. The van der Waals surface area contributed by atoms with E-state index in [0.717, 1.165) is 128 Å². The lowest BCUT2D eigenvalue weighted by molar-refractivity contribution is -0.359. The Kier molecular flexibility index (Phi) is 53.2. The van der Waals surface area contributed by atoms with Gasteiger partial charge in [-0.15, -0.1) is 0 Å². The molecule has 0 saturated carbocycles. The van der Waals surface area contributed by atoms with E-state index in [9.17, 15) is 45.6 Å². The molecule has 2 heterocycles. The van der Waals surface area contributed by atoms with Crippen molar-refractivity contribution in [1.29, 1.82) is 0 Å². The Morgan fingerprint density at radius 3 is 1.21 bits per heavy atom. The zero-order chi connectivity index (χ0) is 65.9. The van der Waals surface area contributed by atoms with E-state index in [0.29, 0.717) is 12.8 Å². The zero-order valence-electron chi connectivity index (χ0n) is 55.5. The molecule has 0 bridgehead atoms. The number of nitrogens with one attached hydrogen (secondary N) is 1. The van der Waals surface area contributed by atoms with Crippen LogP contribution in [0, 0.1) is 0 Å². The number of amides is 1. The molecule has 12 atom stereocenters. The maximum absolute atomic E-state index is 13.3. The number of hydrogen-bond donors (Lipinski definition) is 9.